The molecule has 5 rings (SSSR count). The third-order valence-electron chi connectivity index (χ3n) is 7.19. The molecule has 204 valence electrons. The Balaban J connectivity index is 1.21. The van der Waals surface area contributed by atoms with Crippen molar-refractivity contribution in [1.82, 2.24) is 30.0 Å². The zero-order chi connectivity index (χ0) is 27.0. The molecule has 0 spiro atoms. The van der Waals surface area contributed by atoms with Crippen LogP contribution in [0.2, 0.25) is 0 Å². The van der Waals surface area contributed by atoms with Crippen LogP contribution in [0.1, 0.15) is 24.8 Å². The van der Waals surface area contributed by atoms with E-state index in [9.17, 15) is 14.4 Å². The maximum atomic E-state index is 13.5. The van der Waals surface area contributed by atoms with E-state index in [0.717, 1.165) is 24.8 Å². The van der Waals surface area contributed by atoms with E-state index in [0.29, 0.717) is 56.2 Å². The van der Waals surface area contributed by atoms with Crippen LogP contribution in [-0.2, 0) is 18.0 Å². The molecule has 0 saturated carbocycles. The molecule has 2 aliphatic rings. The number of anilines is 1. The van der Waals surface area contributed by atoms with Crippen LogP contribution in [0.3, 0.4) is 0 Å². The molecule has 2 heterocycles. The second-order valence-corrected chi connectivity index (χ2v) is 9.98. The Morgan fingerprint density at radius 1 is 0.949 bits per heavy atom. The van der Waals surface area contributed by atoms with Crippen molar-refractivity contribution >= 4 is 28.8 Å². The van der Waals surface area contributed by atoms with Gasteiger partial charge in [-0.05, 0) is 37.0 Å². The summed E-state index contributed by atoms with van der Waals surface area (Å²) < 4.78 is 1.59. The molecule has 3 amide bonds. The summed E-state index contributed by atoms with van der Waals surface area (Å²) in [5.74, 6) is 0.236. The number of hydrogen-bond donors (Lipinski definition) is 3. The van der Waals surface area contributed by atoms with Crippen LogP contribution in [0.15, 0.2) is 71.5 Å². The number of nitrogens with one attached hydrogen (secondary N) is 3. The van der Waals surface area contributed by atoms with Crippen molar-refractivity contribution in [3.8, 4) is 0 Å². The van der Waals surface area contributed by atoms with Crippen molar-refractivity contribution in [3.63, 3.8) is 0 Å². The van der Waals surface area contributed by atoms with Crippen LogP contribution in [0.5, 0.6) is 0 Å². The largest absolute Gasteiger partial charge is 0.352 e. The molecule has 2 aromatic carbocycles. The van der Waals surface area contributed by atoms with Crippen LogP contribution in [0.4, 0.5) is 10.7 Å². The number of carbonyl (C=O) groups excluding carboxylic acids is 2. The summed E-state index contributed by atoms with van der Waals surface area (Å²) >= 11 is 0. The Labute approximate surface area is 227 Å². The van der Waals surface area contributed by atoms with Gasteiger partial charge >= 0.3 is 6.03 Å². The standard InChI is InChI=1S/C29H35N7O3/c37-26(32-23-11-5-2-6-12-23)20-30-28-33-25-14-8-7-13-24(25)27(38)36(28)21-34-15-17-35(18-16-34)29(39)31-19-22-9-3-1-4-10-22/h1-5,7-10,13-14,23H,6,11-12,15-21H2,(H,30,33)(H,31,39)(H,32,37). The quantitative estimate of drug-likeness (QED) is 0.387. The highest BCUT2D eigenvalue weighted by Gasteiger charge is 2.23. The smallest absolute Gasteiger partial charge is 0.317 e. The maximum Gasteiger partial charge on any atom is 0.317 e. The first-order valence-electron chi connectivity index (χ1n) is 13.5. The number of amides is 3. The molecule has 1 unspecified atom stereocenters. The molecular weight excluding hydrogens is 494 g/mol. The Hall–Kier alpha value is -4.18. The average Bonchev–Trinajstić information content (AvgIpc) is 2.98. The van der Waals surface area contributed by atoms with Gasteiger partial charge in [-0.2, -0.15) is 0 Å². The number of aromatic nitrogens is 2. The normalized spacial score (nSPS) is 17.6. The summed E-state index contributed by atoms with van der Waals surface area (Å²) in [4.78, 5) is 47.3. The minimum atomic E-state index is -0.163. The van der Waals surface area contributed by atoms with Crippen molar-refractivity contribution < 1.29 is 9.59 Å². The lowest BCUT2D eigenvalue weighted by Crippen LogP contribution is -2.52. The molecule has 0 bridgehead atoms. The molecule has 3 aromatic rings. The van der Waals surface area contributed by atoms with E-state index in [2.05, 4.69) is 38.0 Å². The number of nitrogens with zero attached hydrogens (tertiary/aromatic N) is 4. The first kappa shape index (κ1) is 26.4. The number of fused-ring (bicyclic) bond motifs is 1. The van der Waals surface area contributed by atoms with Crippen LogP contribution in [-0.4, -0.2) is 70.1 Å². The maximum absolute atomic E-state index is 13.5. The lowest BCUT2D eigenvalue weighted by molar-refractivity contribution is -0.120. The predicted octanol–water partition coefficient (Wildman–Crippen LogP) is 2.52. The van der Waals surface area contributed by atoms with E-state index in [4.69, 9.17) is 0 Å². The SMILES string of the molecule is O=C(CNc1nc2ccccc2c(=O)n1CN1CCN(C(=O)NCc2ccccc2)CC1)NC1CC=CCC1. The van der Waals surface area contributed by atoms with Gasteiger partial charge in [0.15, 0.2) is 0 Å². The number of piperazine rings is 1. The lowest BCUT2D eigenvalue weighted by Gasteiger charge is -2.35. The molecule has 39 heavy (non-hydrogen) atoms. The highest BCUT2D eigenvalue weighted by atomic mass is 16.2. The number of allylic oxidation sites excluding steroid dienone is 1. The third-order valence-corrected chi connectivity index (χ3v) is 7.19. The van der Waals surface area contributed by atoms with Crippen LogP contribution >= 0.6 is 0 Å². The van der Waals surface area contributed by atoms with E-state index < -0.39 is 0 Å². The average molecular weight is 530 g/mol. The molecule has 0 radical (unpaired) electrons. The van der Waals surface area contributed by atoms with Gasteiger partial charge in [0.2, 0.25) is 11.9 Å². The predicted molar refractivity (Wildman–Crippen MR) is 151 cm³/mol. The van der Waals surface area contributed by atoms with Gasteiger partial charge in [0.05, 0.1) is 24.1 Å². The first-order valence-corrected chi connectivity index (χ1v) is 13.5. The number of para-hydroxylation sites is 1. The minimum absolute atomic E-state index is 0.0281. The molecule has 1 aromatic heterocycles. The van der Waals surface area contributed by atoms with E-state index in [-0.39, 0.29) is 30.1 Å². The fourth-order valence-corrected chi connectivity index (χ4v) is 4.97. The van der Waals surface area contributed by atoms with Gasteiger partial charge in [-0.3, -0.25) is 19.1 Å². The minimum Gasteiger partial charge on any atom is -0.352 e. The summed E-state index contributed by atoms with van der Waals surface area (Å²) in [7, 11) is 0. The summed E-state index contributed by atoms with van der Waals surface area (Å²) in [5.41, 5.74) is 1.47. The molecule has 10 heteroatoms. The van der Waals surface area contributed by atoms with Crippen molar-refractivity contribution in [2.75, 3.05) is 38.0 Å². The lowest BCUT2D eigenvalue weighted by atomic mass is 10.0. The Morgan fingerprint density at radius 3 is 2.49 bits per heavy atom. The highest BCUT2D eigenvalue weighted by Crippen LogP contribution is 2.14. The Kier molecular flexibility index (Phi) is 8.52. The summed E-state index contributed by atoms with van der Waals surface area (Å²) in [6.45, 7) is 3.17. The van der Waals surface area contributed by atoms with Crippen molar-refractivity contribution in [2.24, 2.45) is 0 Å². The Bertz CT molecular complexity index is 1380. The van der Waals surface area contributed by atoms with Crippen LogP contribution < -0.4 is 21.5 Å². The van der Waals surface area contributed by atoms with Crippen molar-refractivity contribution in [2.45, 2.75) is 38.5 Å². The molecule has 1 fully saturated rings. The van der Waals surface area contributed by atoms with Gasteiger partial charge < -0.3 is 20.9 Å². The molecule has 1 saturated heterocycles. The van der Waals surface area contributed by atoms with E-state index in [1.165, 1.54) is 0 Å². The summed E-state index contributed by atoms with van der Waals surface area (Å²) in [6, 6.07) is 17.1. The van der Waals surface area contributed by atoms with Crippen molar-refractivity contribution in [1.29, 1.82) is 0 Å². The van der Waals surface area contributed by atoms with E-state index >= 15 is 0 Å². The number of rotatable bonds is 8. The third kappa shape index (κ3) is 6.83. The number of urea groups is 1. The molecule has 3 N–H and O–H groups in total. The second kappa shape index (κ2) is 12.6. The first-order chi connectivity index (χ1) is 19.1. The Morgan fingerprint density at radius 2 is 1.72 bits per heavy atom. The molecular formula is C29H35N7O3. The molecule has 1 atom stereocenters. The van der Waals surface area contributed by atoms with E-state index in [1.807, 2.05) is 42.5 Å². The van der Waals surface area contributed by atoms with Gasteiger partial charge in [-0.15, -0.1) is 0 Å². The van der Waals surface area contributed by atoms with Crippen molar-refractivity contribution in [3.05, 3.63) is 82.7 Å². The van der Waals surface area contributed by atoms with Gasteiger partial charge in [0.25, 0.3) is 5.56 Å². The van der Waals surface area contributed by atoms with Gasteiger partial charge in [-0.1, -0.05) is 54.6 Å². The summed E-state index contributed by atoms with van der Waals surface area (Å²) in [5, 5.41) is 9.67. The molecule has 1 aliphatic carbocycles. The summed E-state index contributed by atoms with van der Waals surface area (Å²) in [6.07, 6.45) is 6.96. The van der Waals surface area contributed by atoms with Gasteiger partial charge in [0.1, 0.15) is 0 Å². The fraction of sp³-hybridized carbons (Fsp3) is 0.379. The van der Waals surface area contributed by atoms with E-state index in [1.54, 1.807) is 21.6 Å². The van der Waals surface area contributed by atoms with Crippen LogP contribution in [0.25, 0.3) is 10.9 Å². The number of benzene rings is 2. The topological polar surface area (TPSA) is 112 Å². The monoisotopic (exact) mass is 529 g/mol. The number of hydrogen-bond acceptors (Lipinski definition) is 6. The second-order valence-electron chi connectivity index (χ2n) is 9.98. The fourth-order valence-electron chi connectivity index (χ4n) is 4.97. The zero-order valence-corrected chi connectivity index (χ0v) is 22.0. The van der Waals surface area contributed by atoms with Gasteiger partial charge in [-0.25, -0.2) is 9.78 Å². The molecule has 1 aliphatic heterocycles. The van der Waals surface area contributed by atoms with Gasteiger partial charge in [0, 0.05) is 38.8 Å². The van der Waals surface area contributed by atoms with Crippen LogP contribution in [0, 0.1) is 0 Å². The number of carbonyl (C=O) groups is 2. The highest BCUT2D eigenvalue weighted by molar-refractivity contribution is 5.82. The molecule has 10 nitrogen and oxygen atoms in total. The zero-order valence-electron chi connectivity index (χ0n) is 22.0.